The normalized spacial score (nSPS) is 20.6. The zero-order valence-electron chi connectivity index (χ0n) is 14.1. The first-order chi connectivity index (χ1) is 11.3. The molecule has 2 heterocycles. The molecule has 0 unspecified atom stereocenters. The third-order valence-corrected chi connectivity index (χ3v) is 5.46. The molecule has 2 aliphatic rings. The van der Waals surface area contributed by atoms with Crippen molar-refractivity contribution in [3.63, 3.8) is 0 Å². The van der Waals surface area contributed by atoms with Gasteiger partial charge in [0.15, 0.2) is 0 Å². The van der Waals surface area contributed by atoms with Crippen LogP contribution in [0, 0.1) is 11.8 Å². The van der Waals surface area contributed by atoms with Gasteiger partial charge in [0.2, 0.25) is 5.91 Å². The lowest BCUT2D eigenvalue weighted by Crippen LogP contribution is -2.39. The van der Waals surface area contributed by atoms with Gasteiger partial charge in [-0.2, -0.15) is 0 Å². The van der Waals surface area contributed by atoms with Crippen LogP contribution in [0.5, 0.6) is 0 Å². The zero-order valence-corrected chi connectivity index (χ0v) is 14.1. The second-order valence-electron chi connectivity index (χ2n) is 7.11. The van der Waals surface area contributed by atoms with E-state index in [0.717, 1.165) is 51.5 Å². The van der Waals surface area contributed by atoms with E-state index >= 15 is 0 Å². The summed E-state index contributed by atoms with van der Waals surface area (Å²) < 4.78 is 5.38. The predicted octanol–water partition coefficient (Wildman–Crippen LogP) is 3.67. The average molecular weight is 315 g/mol. The first kappa shape index (κ1) is 16.5. The summed E-state index contributed by atoms with van der Waals surface area (Å²) in [6.07, 6.45) is 7.61. The molecule has 3 rings (SSSR count). The number of nitrogens with zero attached hydrogens (tertiary/aromatic N) is 1. The summed E-state index contributed by atoms with van der Waals surface area (Å²) in [5.74, 6) is 1.70. The van der Waals surface area contributed by atoms with Crippen molar-refractivity contribution < 1.29 is 9.53 Å². The molecule has 0 aromatic heterocycles. The number of hydrogen-bond acceptors (Lipinski definition) is 2. The minimum Gasteiger partial charge on any atom is -0.381 e. The van der Waals surface area contributed by atoms with Gasteiger partial charge in [0, 0.05) is 32.7 Å². The minimum absolute atomic E-state index is 0.374. The highest BCUT2D eigenvalue weighted by Gasteiger charge is 2.25. The molecule has 1 aromatic carbocycles. The number of amides is 1. The Labute approximate surface area is 140 Å². The Morgan fingerprint density at radius 3 is 2.39 bits per heavy atom. The van der Waals surface area contributed by atoms with E-state index in [9.17, 15) is 4.79 Å². The summed E-state index contributed by atoms with van der Waals surface area (Å²) in [5.41, 5.74) is 1.44. The number of hydrogen-bond donors (Lipinski definition) is 0. The zero-order chi connectivity index (χ0) is 15.9. The molecule has 126 valence electrons. The molecule has 0 spiro atoms. The van der Waals surface area contributed by atoms with Crippen molar-refractivity contribution >= 4 is 5.91 Å². The van der Waals surface area contributed by atoms with E-state index in [1.165, 1.54) is 31.2 Å². The van der Waals surface area contributed by atoms with Gasteiger partial charge in [0.05, 0.1) is 0 Å². The predicted molar refractivity (Wildman–Crippen MR) is 92.2 cm³/mol. The van der Waals surface area contributed by atoms with E-state index < -0.39 is 0 Å². The second-order valence-corrected chi connectivity index (χ2v) is 7.11. The van der Waals surface area contributed by atoms with Gasteiger partial charge in [-0.05, 0) is 55.9 Å². The van der Waals surface area contributed by atoms with Crippen molar-refractivity contribution in [3.8, 4) is 0 Å². The van der Waals surface area contributed by atoms with Crippen molar-refractivity contribution in [1.29, 1.82) is 0 Å². The van der Waals surface area contributed by atoms with Crippen LogP contribution in [0.15, 0.2) is 30.3 Å². The number of likely N-dealkylation sites (tertiary alicyclic amines) is 1. The number of piperidine rings is 1. The van der Waals surface area contributed by atoms with Gasteiger partial charge < -0.3 is 9.64 Å². The van der Waals surface area contributed by atoms with Gasteiger partial charge in [0.1, 0.15) is 0 Å². The van der Waals surface area contributed by atoms with Gasteiger partial charge in [-0.25, -0.2) is 0 Å². The van der Waals surface area contributed by atoms with E-state index in [1.54, 1.807) is 0 Å². The summed E-state index contributed by atoms with van der Waals surface area (Å²) in [6.45, 7) is 3.59. The first-order valence-corrected chi connectivity index (χ1v) is 9.20. The third-order valence-electron chi connectivity index (χ3n) is 5.46. The molecule has 1 aromatic rings. The maximum absolute atomic E-state index is 12.4. The van der Waals surface area contributed by atoms with E-state index in [0.29, 0.717) is 11.8 Å². The summed E-state index contributed by atoms with van der Waals surface area (Å²) in [6, 6.07) is 10.7. The Balaban J connectivity index is 1.37. The molecule has 3 heteroatoms. The highest BCUT2D eigenvalue weighted by molar-refractivity contribution is 5.76. The summed E-state index contributed by atoms with van der Waals surface area (Å²) in [4.78, 5) is 14.5. The molecule has 2 fully saturated rings. The van der Waals surface area contributed by atoms with Crippen LogP contribution in [0.3, 0.4) is 0 Å². The van der Waals surface area contributed by atoms with Gasteiger partial charge >= 0.3 is 0 Å². The second kappa shape index (κ2) is 8.49. The fourth-order valence-electron chi connectivity index (χ4n) is 3.81. The van der Waals surface area contributed by atoms with E-state index in [1.807, 2.05) is 0 Å². The highest BCUT2D eigenvalue weighted by atomic mass is 16.5. The Bertz CT molecular complexity index is 474. The molecule has 1 amide bonds. The van der Waals surface area contributed by atoms with Crippen LogP contribution in [0.25, 0.3) is 0 Å². The minimum atomic E-state index is 0.374. The highest BCUT2D eigenvalue weighted by Crippen LogP contribution is 2.25. The molecule has 0 aliphatic carbocycles. The number of carbonyl (C=O) groups is 1. The van der Waals surface area contributed by atoms with Crippen LogP contribution >= 0.6 is 0 Å². The maximum Gasteiger partial charge on any atom is 0.222 e. The average Bonchev–Trinajstić information content (AvgIpc) is 2.62. The summed E-state index contributed by atoms with van der Waals surface area (Å²) in [5, 5.41) is 0. The number of aryl methyl sites for hydroxylation is 1. The topological polar surface area (TPSA) is 29.5 Å². The molecule has 3 nitrogen and oxygen atoms in total. The van der Waals surface area contributed by atoms with Crippen molar-refractivity contribution in [2.45, 2.75) is 44.9 Å². The standard InChI is InChI=1S/C20H29NO2/c22-20(16-19-10-14-23-15-11-19)21-12-8-18(9-13-21)7-6-17-4-2-1-3-5-17/h1-5,18-19H,6-16H2. The van der Waals surface area contributed by atoms with E-state index in [-0.39, 0.29) is 0 Å². The molecule has 0 N–H and O–H groups in total. The summed E-state index contributed by atoms with van der Waals surface area (Å²) in [7, 11) is 0. The molecule has 0 atom stereocenters. The quantitative estimate of drug-likeness (QED) is 0.829. The lowest BCUT2D eigenvalue weighted by atomic mass is 9.89. The molecule has 0 radical (unpaired) electrons. The SMILES string of the molecule is O=C(CC1CCOCC1)N1CCC(CCc2ccccc2)CC1. The third kappa shape index (κ3) is 5.07. The summed E-state index contributed by atoms with van der Waals surface area (Å²) >= 11 is 0. The Morgan fingerprint density at radius 2 is 1.70 bits per heavy atom. The fourth-order valence-corrected chi connectivity index (χ4v) is 3.81. The van der Waals surface area contributed by atoms with Crippen LogP contribution in [0.4, 0.5) is 0 Å². The molecule has 0 bridgehead atoms. The lowest BCUT2D eigenvalue weighted by Gasteiger charge is -2.33. The number of rotatable bonds is 5. The van der Waals surface area contributed by atoms with Gasteiger partial charge in [-0.3, -0.25) is 4.79 Å². The molecule has 2 saturated heterocycles. The molecule has 2 aliphatic heterocycles. The van der Waals surface area contributed by atoms with Crippen molar-refractivity contribution in [3.05, 3.63) is 35.9 Å². The number of benzene rings is 1. The van der Waals surface area contributed by atoms with Gasteiger partial charge in [0.25, 0.3) is 0 Å². The van der Waals surface area contributed by atoms with Crippen LogP contribution in [-0.2, 0) is 16.0 Å². The fraction of sp³-hybridized carbons (Fsp3) is 0.650. The first-order valence-electron chi connectivity index (χ1n) is 9.20. The molecular weight excluding hydrogens is 286 g/mol. The van der Waals surface area contributed by atoms with Crippen LogP contribution in [-0.4, -0.2) is 37.1 Å². The largest absolute Gasteiger partial charge is 0.381 e. The maximum atomic E-state index is 12.4. The number of ether oxygens (including phenoxy) is 1. The Hall–Kier alpha value is -1.35. The van der Waals surface area contributed by atoms with E-state index in [2.05, 4.69) is 35.2 Å². The van der Waals surface area contributed by atoms with Crippen LogP contribution < -0.4 is 0 Å². The van der Waals surface area contributed by atoms with Crippen LogP contribution in [0.2, 0.25) is 0 Å². The van der Waals surface area contributed by atoms with Gasteiger partial charge in [-0.15, -0.1) is 0 Å². The van der Waals surface area contributed by atoms with Crippen molar-refractivity contribution in [2.75, 3.05) is 26.3 Å². The molecule has 23 heavy (non-hydrogen) atoms. The van der Waals surface area contributed by atoms with Gasteiger partial charge in [-0.1, -0.05) is 30.3 Å². The lowest BCUT2D eigenvalue weighted by molar-refractivity contribution is -0.134. The van der Waals surface area contributed by atoms with Crippen molar-refractivity contribution in [2.24, 2.45) is 11.8 Å². The molecule has 0 saturated carbocycles. The smallest absolute Gasteiger partial charge is 0.222 e. The van der Waals surface area contributed by atoms with Crippen LogP contribution in [0.1, 0.15) is 44.1 Å². The number of carbonyl (C=O) groups excluding carboxylic acids is 1. The monoisotopic (exact) mass is 315 g/mol. The Kier molecular flexibility index (Phi) is 6.09. The Morgan fingerprint density at radius 1 is 1.00 bits per heavy atom. The van der Waals surface area contributed by atoms with Crippen molar-refractivity contribution in [1.82, 2.24) is 4.90 Å². The molecular formula is C20H29NO2. The van der Waals surface area contributed by atoms with E-state index in [4.69, 9.17) is 4.74 Å².